The van der Waals surface area contributed by atoms with Gasteiger partial charge in [0.2, 0.25) is 0 Å². The van der Waals surface area contributed by atoms with E-state index < -0.39 is 0 Å². The number of rotatable bonds is 1. The van der Waals surface area contributed by atoms with E-state index in [4.69, 9.17) is 10.7 Å². The minimum absolute atomic E-state index is 0.275. The molecule has 3 aromatic rings. The van der Waals surface area contributed by atoms with Crippen LogP contribution in [-0.4, -0.2) is 4.98 Å². The van der Waals surface area contributed by atoms with Gasteiger partial charge in [-0.15, -0.1) is 22.7 Å². The van der Waals surface area contributed by atoms with Gasteiger partial charge in [0, 0.05) is 21.5 Å². The average Bonchev–Trinajstić information content (AvgIpc) is 3.20. The fourth-order valence-corrected chi connectivity index (χ4v) is 5.56. The second kappa shape index (κ2) is 5.82. The number of nitriles is 1. The lowest BCUT2D eigenvalue weighted by molar-refractivity contribution is 0.215. The van der Waals surface area contributed by atoms with E-state index >= 15 is 0 Å². The standard InChI is InChI=1S/C20H21N3S2/c1-20(2,3)11-6-7-13-12(9-11)16(14-5-4-8-24-14)17-18(22)15(10-21)25-19(17)23-13/h4-5,8,11H,6-7,9,22H2,1-3H3. The minimum atomic E-state index is 0.275. The van der Waals surface area contributed by atoms with E-state index in [1.165, 1.54) is 39.5 Å². The Morgan fingerprint density at radius 3 is 2.80 bits per heavy atom. The largest absolute Gasteiger partial charge is 0.396 e. The maximum absolute atomic E-state index is 9.41. The second-order valence-electron chi connectivity index (χ2n) is 7.83. The first-order valence-corrected chi connectivity index (χ1v) is 10.3. The highest BCUT2D eigenvalue weighted by Crippen LogP contribution is 2.47. The number of pyridine rings is 1. The topological polar surface area (TPSA) is 62.7 Å². The SMILES string of the molecule is CC(C)(C)C1CCc2nc3sc(C#N)c(N)c3c(-c3cccs3)c2C1. The third kappa shape index (κ3) is 2.65. The lowest BCUT2D eigenvalue weighted by atomic mass is 9.70. The Morgan fingerprint density at radius 2 is 2.16 bits per heavy atom. The molecule has 0 saturated heterocycles. The van der Waals surface area contributed by atoms with Crippen LogP contribution in [0.25, 0.3) is 20.7 Å². The van der Waals surface area contributed by atoms with E-state index in [1.54, 1.807) is 11.3 Å². The highest BCUT2D eigenvalue weighted by Gasteiger charge is 2.32. The minimum Gasteiger partial charge on any atom is -0.396 e. The molecule has 0 fully saturated rings. The summed E-state index contributed by atoms with van der Waals surface area (Å²) in [5.74, 6) is 0.633. The maximum Gasteiger partial charge on any atom is 0.130 e. The number of nitrogen functional groups attached to an aromatic ring is 1. The van der Waals surface area contributed by atoms with Gasteiger partial charge >= 0.3 is 0 Å². The highest BCUT2D eigenvalue weighted by molar-refractivity contribution is 7.20. The molecule has 3 aromatic heterocycles. The van der Waals surface area contributed by atoms with Gasteiger partial charge in [-0.25, -0.2) is 4.98 Å². The van der Waals surface area contributed by atoms with Crippen LogP contribution >= 0.6 is 22.7 Å². The average molecular weight is 368 g/mol. The van der Waals surface area contributed by atoms with Gasteiger partial charge in [-0.05, 0) is 47.6 Å². The molecule has 0 aliphatic heterocycles. The number of hydrogen-bond acceptors (Lipinski definition) is 5. The molecule has 128 valence electrons. The van der Waals surface area contributed by atoms with Gasteiger partial charge in [0.1, 0.15) is 15.8 Å². The quantitative estimate of drug-likeness (QED) is 0.606. The van der Waals surface area contributed by atoms with E-state index in [9.17, 15) is 5.26 Å². The molecule has 0 amide bonds. The van der Waals surface area contributed by atoms with E-state index in [0.717, 1.165) is 23.1 Å². The summed E-state index contributed by atoms with van der Waals surface area (Å²) in [7, 11) is 0. The fraction of sp³-hybridized carbons (Fsp3) is 0.400. The molecule has 3 nitrogen and oxygen atoms in total. The summed E-state index contributed by atoms with van der Waals surface area (Å²) in [5, 5.41) is 12.5. The Labute approximate surface area is 156 Å². The van der Waals surface area contributed by atoms with Crippen molar-refractivity contribution >= 4 is 38.6 Å². The van der Waals surface area contributed by atoms with Gasteiger partial charge in [-0.1, -0.05) is 26.8 Å². The first-order valence-electron chi connectivity index (χ1n) is 8.58. The number of aromatic nitrogens is 1. The predicted octanol–water partition coefficient (Wildman–Crippen LogP) is 5.63. The monoisotopic (exact) mass is 367 g/mol. The van der Waals surface area contributed by atoms with Crippen molar-refractivity contribution < 1.29 is 0 Å². The molecule has 1 unspecified atom stereocenters. The van der Waals surface area contributed by atoms with Crippen molar-refractivity contribution in [2.45, 2.75) is 40.0 Å². The van der Waals surface area contributed by atoms with Crippen LogP contribution in [0.3, 0.4) is 0 Å². The van der Waals surface area contributed by atoms with Crippen molar-refractivity contribution in [3.8, 4) is 16.5 Å². The maximum atomic E-state index is 9.41. The zero-order valence-electron chi connectivity index (χ0n) is 14.7. The second-order valence-corrected chi connectivity index (χ2v) is 9.78. The van der Waals surface area contributed by atoms with Gasteiger partial charge in [0.15, 0.2) is 0 Å². The van der Waals surface area contributed by atoms with E-state index in [1.807, 2.05) is 0 Å². The summed E-state index contributed by atoms with van der Waals surface area (Å²) in [6.07, 6.45) is 3.21. The van der Waals surface area contributed by atoms with Gasteiger partial charge < -0.3 is 5.73 Å². The third-order valence-corrected chi connectivity index (χ3v) is 7.23. The van der Waals surface area contributed by atoms with E-state index in [0.29, 0.717) is 16.5 Å². The Bertz CT molecular complexity index is 985. The summed E-state index contributed by atoms with van der Waals surface area (Å²) in [6, 6.07) is 6.47. The molecule has 1 atom stereocenters. The summed E-state index contributed by atoms with van der Waals surface area (Å²) in [6.45, 7) is 6.98. The van der Waals surface area contributed by atoms with E-state index in [2.05, 4.69) is 44.4 Å². The normalized spacial score (nSPS) is 17.4. The van der Waals surface area contributed by atoms with Crippen LogP contribution in [0, 0.1) is 22.7 Å². The highest BCUT2D eigenvalue weighted by atomic mass is 32.1. The molecule has 0 saturated carbocycles. The van der Waals surface area contributed by atoms with Crippen LogP contribution in [0.5, 0.6) is 0 Å². The zero-order chi connectivity index (χ0) is 17.8. The fourth-order valence-electron chi connectivity index (χ4n) is 3.84. The molecular formula is C20H21N3S2. The Hall–Kier alpha value is -1.90. The first kappa shape index (κ1) is 16.6. The van der Waals surface area contributed by atoms with Gasteiger partial charge in [0.05, 0.1) is 5.69 Å². The molecule has 5 heteroatoms. The molecule has 25 heavy (non-hydrogen) atoms. The Balaban J connectivity index is 2.03. The van der Waals surface area contributed by atoms with E-state index in [-0.39, 0.29) is 5.41 Å². The predicted molar refractivity (Wildman–Crippen MR) is 107 cm³/mol. The molecule has 2 N–H and O–H groups in total. The summed E-state index contributed by atoms with van der Waals surface area (Å²) >= 11 is 3.16. The van der Waals surface area contributed by atoms with Crippen LogP contribution in [-0.2, 0) is 12.8 Å². The van der Waals surface area contributed by atoms with Crippen molar-refractivity contribution in [1.29, 1.82) is 5.26 Å². The summed E-state index contributed by atoms with van der Waals surface area (Å²) < 4.78 is 0. The molecule has 0 aromatic carbocycles. The van der Waals surface area contributed by atoms with Crippen LogP contribution in [0.4, 0.5) is 5.69 Å². The van der Waals surface area contributed by atoms with Crippen molar-refractivity contribution in [1.82, 2.24) is 4.98 Å². The molecule has 0 spiro atoms. The smallest absolute Gasteiger partial charge is 0.130 e. The van der Waals surface area contributed by atoms with Gasteiger partial charge in [-0.3, -0.25) is 0 Å². The lowest BCUT2D eigenvalue weighted by Crippen LogP contribution is -2.27. The number of aryl methyl sites for hydroxylation is 1. The summed E-state index contributed by atoms with van der Waals surface area (Å²) in [4.78, 5) is 7.64. The van der Waals surface area contributed by atoms with Crippen LogP contribution in [0.15, 0.2) is 17.5 Å². The number of nitrogens with two attached hydrogens (primary N) is 1. The summed E-state index contributed by atoms with van der Waals surface area (Å²) in [5.41, 5.74) is 11.0. The third-order valence-electron chi connectivity index (χ3n) is 5.34. The van der Waals surface area contributed by atoms with Crippen LogP contribution < -0.4 is 5.73 Å². The van der Waals surface area contributed by atoms with Crippen LogP contribution in [0.1, 0.15) is 43.3 Å². The van der Waals surface area contributed by atoms with Gasteiger partial charge in [0.25, 0.3) is 0 Å². The van der Waals surface area contributed by atoms with Crippen LogP contribution in [0.2, 0.25) is 0 Å². The molecule has 1 aliphatic carbocycles. The molecular weight excluding hydrogens is 346 g/mol. The van der Waals surface area contributed by atoms with Gasteiger partial charge in [-0.2, -0.15) is 5.26 Å². The number of fused-ring (bicyclic) bond motifs is 2. The molecule has 1 aliphatic rings. The number of anilines is 1. The number of thiophene rings is 2. The molecule has 0 radical (unpaired) electrons. The zero-order valence-corrected chi connectivity index (χ0v) is 16.4. The number of hydrogen-bond donors (Lipinski definition) is 1. The van der Waals surface area contributed by atoms with Crippen molar-refractivity contribution in [3.05, 3.63) is 33.6 Å². The Kier molecular flexibility index (Phi) is 3.86. The van der Waals surface area contributed by atoms with Crippen molar-refractivity contribution in [2.75, 3.05) is 5.73 Å². The molecule has 4 rings (SSSR count). The molecule has 0 bridgehead atoms. The number of nitrogens with zero attached hydrogens (tertiary/aromatic N) is 2. The Morgan fingerprint density at radius 1 is 1.36 bits per heavy atom. The first-order chi connectivity index (χ1) is 11.9. The lowest BCUT2D eigenvalue weighted by Gasteiger charge is -2.35. The van der Waals surface area contributed by atoms with Crippen molar-refractivity contribution in [3.63, 3.8) is 0 Å². The van der Waals surface area contributed by atoms with Crippen molar-refractivity contribution in [2.24, 2.45) is 11.3 Å². The molecule has 3 heterocycles.